The molecule has 138 valence electrons. The van der Waals surface area contributed by atoms with Crippen LogP contribution in [-0.4, -0.2) is 44.3 Å². The molecule has 0 radical (unpaired) electrons. The van der Waals surface area contributed by atoms with Crippen LogP contribution in [0.4, 0.5) is 4.79 Å². The largest absolute Gasteiger partial charge is 0.497 e. The van der Waals surface area contributed by atoms with E-state index in [2.05, 4.69) is 0 Å². The van der Waals surface area contributed by atoms with Gasteiger partial charge in [0.1, 0.15) is 18.4 Å². The highest BCUT2D eigenvalue weighted by molar-refractivity contribution is 5.81. The number of likely N-dealkylation sites (N-methyl/N-ethyl adjacent to an activating group) is 1. The van der Waals surface area contributed by atoms with Crippen LogP contribution < -0.4 is 4.74 Å². The Labute approximate surface area is 153 Å². The van der Waals surface area contributed by atoms with Crippen molar-refractivity contribution in [3.63, 3.8) is 0 Å². The zero-order chi connectivity index (χ0) is 18.9. The molecule has 0 aromatic heterocycles. The van der Waals surface area contributed by atoms with Gasteiger partial charge < -0.3 is 14.2 Å². The minimum absolute atomic E-state index is 0.139. The number of benzene rings is 2. The van der Waals surface area contributed by atoms with Gasteiger partial charge in [0, 0.05) is 13.5 Å². The number of methoxy groups -OCH3 is 2. The fourth-order valence-corrected chi connectivity index (χ4v) is 2.45. The lowest BCUT2D eigenvalue weighted by molar-refractivity contribution is -0.146. The molecule has 2 aromatic rings. The molecule has 0 fully saturated rings. The highest BCUT2D eigenvalue weighted by Gasteiger charge is 2.29. The number of carbonyl (C=O) groups excluding carboxylic acids is 2. The zero-order valence-corrected chi connectivity index (χ0v) is 15.2. The van der Waals surface area contributed by atoms with Crippen LogP contribution in [0.3, 0.4) is 0 Å². The molecule has 2 aromatic carbocycles. The maximum absolute atomic E-state index is 12.3. The second-order valence-corrected chi connectivity index (χ2v) is 5.74. The highest BCUT2D eigenvalue weighted by atomic mass is 16.6. The smallest absolute Gasteiger partial charge is 0.410 e. The topological polar surface area (TPSA) is 65.1 Å². The van der Waals surface area contributed by atoms with E-state index in [1.165, 1.54) is 19.1 Å². The third-order valence-electron chi connectivity index (χ3n) is 4.02. The van der Waals surface area contributed by atoms with Crippen LogP contribution in [0.25, 0.3) is 0 Å². The van der Waals surface area contributed by atoms with Gasteiger partial charge in [-0.25, -0.2) is 9.59 Å². The SMILES string of the molecule is COC(=O)[C@H](Cc1ccc(OC)cc1)N(C)C(=O)OCc1ccccc1. The van der Waals surface area contributed by atoms with E-state index in [9.17, 15) is 9.59 Å². The summed E-state index contributed by atoms with van der Waals surface area (Å²) >= 11 is 0. The normalized spacial score (nSPS) is 11.3. The van der Waals surface area contributed by atoms with Gasteiger partial charge in [-0.15, -0.1) is 0 Å². The molecule has 1 atom stereocenters. The Morgan fingerprint density at radius 3 is 2.19 bits per heavy atom. The van der Waals surface area contributed by atoms with Crippen molar-refractivity contribution in [2.75, 3.05) is 21.3 Å². The molecule has 6 nitrogen and oxygen atoms in total. The van der Waals surface area contributed by atoms with Gasteiger partial charge in [0.05, 0.1) is 14.2 Å². The molecule has 2 rings (SSSR count). The number of hydrogen-bond acceptors (Lipinski definition) is 5. The molecule has 0 spiro atoms. The Kier molecular flexibility index (Phi) is 7.02. The molecule has 0 unspecified atom stereocenters. The highest BCUT2D eigenvalue weighted by Crippen LogP contribution is 2.16. The van der Waals surface area contributed by atoms with E-state index in [-0.39, 0.29) is 6.61 Å². The van der Waals surface area contributed by atoms with Gasteiger partial charge in [0.25, 0.3) is 0 Å². The number of ether oxygens (including phenoxy) is 3. The van der Waals surface area contributed by atoms with Gasteiger partial charge in [0.2, 0.25) is 0 Å². The van der Waals surface area contributed by atoms with E-state index >= 15 is 0 Å². The summed E-state index contributed by atoms with van der Waals surface area (Å²) in [5.41, 5.74) is 1.75. The van der Waals surface area contributed by atoms with E-state index in [4.69, 9.17) is 14.2 Å². The molecule has 0 heterocycles. The predicted octanol–water partition coefficient (Wildman–Crippen LogP) is 3.05. The first-order chi connectivity index (χ1) is 12.5. The fourth-order valence-electron chi connectivity index (χ4n) is 2.45. The van der Waals surface area contributed by atoms with Gasteiger partial charge in [-0.05, 0) is 23.3 Å². The summed E-state index contributed by atoms with van der Waals surface area (Å²) in [6, 6.07) is 15.9. The third kappa shape index (κ3) is 5.24. The summed E-state index contributed by atoms with van der Waals surface area (Å²) in [4.78, 5) is 25.8. The number of esters is 1. The number of carbonyl (C=O) groups is 2. The Morgan fingerprint density at radius 2 is 1.62 bits per heavy atom. The first-order valence-corrected chi connectivity index (χ1v) is 8.19. The summed E-state index contributed by atoms with van der Waals surface area (Å²) in [6.07, 6.45) is -0.272. The average Bonchev–Trinajstić information content (AvgIpc) is 2.70. The molecule has 6 heteroatoms. The molecule has 26 heavy (non-hydrogen) atoms. The maximum Gasteiger partial charge on any atom is 0.410 e. The molecule has 1 amide bonds. The minimum Gasteiger partial charge on any atom is -0.497 e. The summed E-state index contributed by atoms with van der Waals surface area (Å²) < 4.78 is 15.3. The van der Waals surface area contributed by atoms with Crippen molar-refractivity contribution in [2.24, 2.45) is 0 Å². The quantitative estimate of drug-likeness (QED) is 0.713. The van der Waals surface area contributed by atoms with Crippen molar-refractivity contribution in [2.45, 2.75) is 19.1 Å². The second kappa shape index (κ2) is 9.46. The van der Waals surface area contributed by atoms with Gasteiger partial charge in [-0.3, -0.25) is 4.90 Å². The van der Waals surface area contributed by atoms with Crippen LogP contribution in [0.2, 0.25) is 0 Å². The van der Waals surface area contributed by atoms with Crippen molar-refractivity contribution < 1.29 is 23.8 Å². The number of hydrogen-bond donors (Lipinski definition) is 0. The Hall–Kier alpha value is -3.02. The summed E-state index contributed by atoms with van der Waals surface area (Å²) in [6.45, 7) is 0.139. The molecule has 0 saturated heterocycles. The predicted molar refractivity (Wildman–Crippen MR) is 96.9 cm³/mol. The van der Waals surface area contributed by atoms with Crippen molar-refractivity contribution in [1.29, 1.82) is 0 Å². The standard InChI is InChI=1S/C20H23NO5/c1-21(20(23)26-14-16-7-5-4-6-8-16)18(19(22)25-3)13-15-9-11-17(24-2)12-10-15/h4-12,18H,13-14H2,1-3H3/t18-/m0/s1. The number of amides is 1. The van der Waals surface area contributed by atoms with Crippen molar-refractivity contribution in [1.82, 2.24) is 4.90 Å². The van der Waals surface area contributed by atoms with Gasteiger partial charge in [-0.2, -0.15) is 0 Å². The summed E-state index contributed by atoms with van der Waals surface area (Å²) in [7, 11) is 4.41. The van der Waals surface area contributed by atoms with Crippen molar-refractivity contribution in [3.05, 3.63) is 65.7 Å². The van der Waals surface area contributed by atoms with Crippen LogP contribution in [0, 0.1) is 0 Å². The monoisotopic (exact) mass is 357 g/mol. The zero-order valence-electron chi connectivity index (χ0n) is 15.2. The lowest BCUT2D eigenvalue weighted by atomic mass is 10.1. The van der Waals surface area contributed by atoms with Gasteiger partial charge >= 0.3 is 12.1 Å². The van der Waals surface area contributed by atoms with E-state index in [0.717, 1.165) is 16.9 Å². The van der Waals surface area contributed by atoms with Crippen LogP contribution in [0.5, 0.6) is 5.75 Å². The molecule has 0 N–H and O–H groups in total. The minimum atomic E-state index is -0.781. The molecule has 0 bridgehead atoms. The molecular weight excluding hydrogens is 334 g/mol. The Bertz CT molecular complexity index is 715. The summed E-state index contributed by atoms with van der Waals surface area (Å²) in [5, 5.41) is 0. The van der Waals surface area contributed by atoms with Crippen LogP contribution in [-0.2, 0) is 27.3 Å². The average molecular weight is 357 g/mol. The van der Waals surface area contributed by atoms with E-state index in [1.54, 1.807) is 19.2 Å². The third-order valence-corrected chi connectivity index (χ3v) is 4.02. The van der Waals surface area contributed by atoms with Crippen molar-refractivity contribution in [3.8, 4) is 5.75 Å². The summed E-state index contributed by atoms with van der Waals surface area (Å²) in [5.74, 6) is 0.221. The van der Waals surface area contributed by atoms with E-state index in [1.807, 2.05) is 42.5 Å². The lowest BCUT2D eigenvalue weighted by Crippen LogP contribution is -2.44. The van der Waals surface area contributed by atoms with Crippen LogP contribution in [0.15, 0.2) is 54.6 Å². The van der Waals surface area contributed by atoms with Crippen molar-refractivity contribution >= 4 is 12.1 Å². The lowest BCUT2D eigenvalue weighted by Gasteiger charge is -2.25. The second-order valence-electron chi connectivity index (χ2n) is 5.74. The van der Waals surface area contributed by atoms with Crippen LogP contribution >= 0.6 is 0 Å². The van der Waals surface area contributed by atoms with Gasteiger partial charge in [-0.1, -0.05) is 42.5 Å². The maximum atomic E-state index is 12.3. The van der Waals surface area contributed by atoms with E-state index in [0.29, 0.717) is 6.42 Å². The fraction of sp³-hybridized carbons (Fsp3) is 0.300. The molecule has 0 aliphatic carbocycles. The Morgan fingerprint density at radius 1 is 0.962 bits per heavy atom. The molecule has 0 saturated carbocycles. The first-order valence-electron chi connectivity index (χ1n) is 8.19. The Balaban J connectivity index is 2.04. The van der Waals surface area contributed by atoms with Gasteiger partial charge in [0.15, 0.2) is 0 Å². The molecule has 0 aliphatic heterocycles. The molecule has 0 aliphatic rings. The number of nitrogens with zero attached hydrogens (tertiary/aromatic N) is 1. The van der Waals surface area contributed by atoms with E-state index < -0.39 is 18.1 Å². The van der Waals surface area contributed by atoms with Crippen LogP contribution in [0.1, 0.15) is 11.1 Å². The molecular formula is C20H23NO5. The first kappa shape index (κ1) is 19.3. The number of rotatable bonds is 7.